The third kappa shape index (κ3) is 7.29. The second-order valence-electron chi connectivity index (χ2n) is 8.28. The molecule has 6 nitrogen and oxygen atoms in total. The lowest BCUT2D eigenvalue weighted by Gasteiger charge is -2.21. The number of aliphatic hydroxyl groups is 1. The van der Waals surface area contributed by atoms with Gasteiger partial charge in [0, 0.05) is 52.2 Å². The average molecular weight is 480 g/mol. The Morgan fingerprint density at radius 2 is 1.76 bits per heavy atom. The van der Waals surface area contributed by atoms with E-state index < -0.39 is 0 Å². The molecule has 0 spiro atoms. The fourth-order valence-electron chi connectivity index (χ4n) is 3.89. The molecular formula is C27H34ClN5O. The predicted octanol–water partition coefficient (Wildman–Crippen LogP) is 5.60. The lowest BCUT2D eigenvalue weighted by molar-refractivity contribution is 0.199. The zero-order valence-electron chi connectivity index (χ0n) is 19.9. The van der Waals surface area contributed by atoms with Crippen LogP contribution in [0.5, 0.6) is 0 Å². The molecule has 1 atom stereocenters. The summed E-state index contributed by atoms with van der Waals surface area (Å²) in [7, 11) is 0. The molecule has 1 unspecified atom stereocenters. The third-order valence-electron chi connectivity index (χ3n) is 5.76. The molecule has 0 aliphatic rings. The van der Waals surface area contributed by atoms with E-state index in [1.54, 1.807) is 6.20 Å². The fourth-order valence-corrected chi connectivity index (χ4v) is 4.06. The molecule has 34 heavy (non-hydrogen) atoms. The quantitative estimate of drug-likeness (QED) is 0.289. The van der Waals surface area contributed by atoms with E-state index in [0.717, 1.165) is 65.7 Å². The monoisotopic (exact) mass is 479 g/mol. The minimum absolute atomic E-state index is 0.229. The first-order valence-electron chi connectivity index (χ1n) is 11.7. The van der Waals surface area contributed by atoms with Crippen molar-refractivity contribution in [3.8, 4) is 0 Å². The van der Waals surface area contributed by atoms with Crippen LogP contribution in [0, 0.1) is 0 Å². The summed E-state index contributed by atoms with van der Waals surface area (Å²) in [6, 6.07) is 17.8. The number of hydrogen-bond acceptors (Lipinski definition) is 6. The number of nitrogens with zero attached hydrogens (tertiary/aromatic N) is 3. The van der Waals surface area contributed by atoms with E-state index in [1.165, 1.54) is 0 Å². The molecule has 0 amide bonds. The highest BCUT2D eigenvalue weighted by Crippen LogP contribution is 2.25. The van der Waals surface area contributed by atoms with Crippen LogP contribution in [0.25, 0.3) is 21.8 Å². The number of nitrogens with one attached hydrogen (secondary N) is 1. The number of nitrogens with two attached hydrogens (primary N) is 1. The van der Waals surface area contributed by atoms with Crippen molar-refractivity contribution >= 4 is 44.8 Å². The largest absolute Gasteiger partial charge is 0.398 e. The zero-order valence-corrected chi connectivity index (χ0v) is 20.7. The van der Waals surface area contributed by atoms with Crippen LogP contribution in [0.4, 0.5) is 11.4 Å². The molecule has 4 N–H and O–H groups in total. The number of aromatic nitrogens is 2. The minimum Gasteiger partial charge on any atom is -0.398 e. The summed E-state index contributed by atoms with van der Waals surface area (Å²) in [6.45, 7) is 7.32. The molecule has 0 saturated heterocycles. The van der Waals surface area contributed by atoms with E-state index >= 15 is 0 Å². The van der Waals surface area contributed by atoms with Gasteiger partial charge in [-0.2, -0.15) is 0 Å². The summed E-state index contributed by atoms with van der Waals surface area (Å²) in [6.07, 6.45) is 5.72. The molecule has 4 aromatic rings. The number of halogens is 1. The Labute approximate surface area is 206 Å². The molecular weight excluding hydrogens is 446 g/mol. The SMILES string of the molecule is CCN(CCO)CCCC(C)Nc1ccnc2cc(Cl)ccc12.Nc1ccnc2ccccc12. The van der Waals surface area contributed by atoms with Crippen LogP contribution < -0.4 is 11.1 Å². The maximum absolute atomic E-state index is 9.02. The molecule has 0 saturated carbocycles. The zero-order chi connectivity index (χ0) is 24.3. The van der Waals surface area contributed by atoms with Gasteiger partial charge in [-0.05, 0) is 69.3 Å². The van der Waals surface area contributed by atoms with Gasteiger partial charge in [0.05, 0.1) is 17.6 Å². The van der Waals surface area contributed by atoms with Gasteiger partial charge in [-0.1, -0.05) is 36.7 Å². The van der Waals surface area contributed by atoms with Crippen molar-refractivity contribution in [3.63, 3.8) is 0 Å². The summed E-state index contributed by atoms with van der Waals surface area (Å²) < 4.78 is 0. The molecule has 0 bridgehead atoms. The third-order valence-corrected chi connectivity index (χ3v) is 6.00. The fraction of sp³-hybridized carbons (Fsp3) is 0.333. The van der Waals surface area contributed by atoms with Crippen LogP contribution in [0.15, 0.2) is 67.0 Å². The minimum atomic E-state index is 0.229. The molecule has 180 valence electrons. The van der Waals surface area contributed by atoms with Gasteiger partial charge in [0.1, 0.15) is 0 Å². The van der Waals surface area contributed by atoms with Gasteiger partial charge in [-0.15, -0.1) is 0 Å². The highest BCUT2D eigenvalue weighted by atomic mass is 35.5. The van der Waals surface area contributed by atoms with E-state index in [9.17, 15) is 0 Å². The van der Waals surface area contributed by atoms with Crippen LogP contribution in [0.3, 0.4) is 0 Å². The summed E-state index contributed by atoms with van der Waals surface area (Å²) in [5.41, 5.74) is 9.47. The summed E-state index contributed by atoms with van der Waals surface area (Å²) in [5.74, 6) is 0. The average Bonchev–Trinajstić information content (AvgIpc) is 2.84. The van der Waals surface area contributed by atoms with Gasteiger partial charge in [0.2, 0.25) is 0 Å². The van der Waals surface area contributed by atoms with Gasteiger partial charge in [0.25, 0.3) is 0 Å². The van der Waals surface area contributed by atoms with Crippen molar-refractivity contribution < 1.29 is 5.11 Å². The molecule has 0 aliphatic heterocycles. The van der Waals surface area contributed by atoms with Gasteiger partial charge in [-0.3, -0.25) is 9.97 Å². The molecule has 7 heteroatoms. The summed E-state index contributed by atoms with van der Waals surface area (Å²) in [4.78, 5) is 10.8. The standard InChI is InChI=1S/C18H26ClN3O.C9H8N2/c1-3-22(11-12-23)10-4-5-14(2)21-17-8-9-20-18-13-15(19)6-7-16(17)18;10-8-5-6-11-9-4-2-1-3-7(8)9/h6-9,13-14,23H,3-5,10-12H2,1-2H3,(H,20,21);1-6H,(H2,10,11). The molecule has 2 heterocycles. The number of fused-ring (bicyclic) bond motifs is 2. The van der Waals surface area contributed by atoms with Crippen molar-refractivity contribution in [2.45, 2.75) is 32.7 Å². The smallest absolute Gasteiger partial charge is 0.0737 e. The van der Waals surface area contributed by atoms with Crippen LogP contribution in [-0.2, 0) is 0 Å². The number of pyridine rings is 2. The molecule has 0 fully saturated rings. The molecule has 4 rings (SSSR count). The number of para-hydroxylation sites is 1. The molecule has 2 aromatic carbocycles. The highest BCUT2D eigenvalue weighted by Gasteiger charge is 2.08. The van der Waals surface area contributed by atoms with E-state index in [4.69, 9.17) is 22.4 Å². The highest BCUT2D eigenvalue weighted by molar-refractivity contribution is 6.31. The topological polar surface area (TPSA) is 87.3 Å². The first kappa shape index (κ1) is 25.7. The predicted molar refractivity (Wildman–Crippen MR) is 144 cm³/mol. The van der Waals surface area contributed by atoms with Gasteiger partial charge >= 0.3 is 0 Å². The Morgan fingerprint density at radius 3 is 2.53 bits per heavy atom. The number of nitrogen functional groups attached to an aromatic ring is 1. The normalized spacial score (nSPS) is 11.9. The van der Waals surface area contributed by atoms with Crippen molar-refractivity contribution in [3.05, 3.63) is 72.0 Å². The summed E-state index contributed by atoms with van der Waals surface area (Å²) >= 11 is 6.03. The second kappa shape index (κ2) is 13.1. The van der Waals surface area contributed by atoms with E-state index in [1.807, 2.05) is 60.8 Å². The molecule has 0 aliphatic carbocycles. The van der Waals surface area contributed by atoms with Crippen LogP contribution in [-0.4, -0.2) is 52.3 Å². The Balaban J connectivity index is 0.000000243. The van der Waals surface area contributed by atoms with Crippen molar-refractivity contribution in [2.75, 3.05) is 37.3 Å². The van der Waals surface area contributed by atoms with Crippen molar-refractivity contribution in [2.24, 2.45) is 0 Å². The Kier molecular flexibility index (Phi) is 9.89. The van der Waals surface area contributed by atoms with Crippen LogP contribution in [0.1, 0.15) is 26.7 Å². The number of benzene rings is 2. The number of anilines is 2. The van der Waals surface area contributed by atoms with Crippen molar-refractivity contribution in [1.29, 1.82) is 0 Å². The van der Waals surface area contributed by atoms with E-state index in [0.29, 0.717) is 11.1 Å². The van der Waals surface area contributed by atoms with E-state index in [-0.39, 0.29) is 6.61 Å². The van der Waals surface area contributed by atoms with E-state index in [2.05, 4.69) is 34.0 Å². The lowest BCUT2D eigenvalue weighted by atomic mass is 10.1. The van der Waals surface area contributed by atoms with Gasteiger partial charge in [0.15, 0.2) is 0 Å². The van der Waals surface area contributed by atoms with Gasteiger partial charge in [-0.25, -0.2) is 0 Å². The number of aliphatic hydroxyl groups excluding tert-OH is 1. The number of likely N-dealkylation sites (N-methyl/N-ethyl adjacent to an activating group) is 1. The lowest BCUT2D eigenvalue weighted by Crippen LogP contribution is -2.28. The Bertz CT molecular complexity index is 1180. The maximum atomic E-state index is 9.02. The summed E-state index contributed by atoms with van der Waals surface area (Å²) in [5, 5.41) is 15.4. The number of hydrogen-bond donors (Lipinski definition) is 3. The number of rotatable bonds is 9. The van der Waals surface area contributed by atoms with Gasteiger partial charge < -0.3 is 21.1 Å². The Hall–Kier alpha value is -2.93. The molecule has 2 aromatic heterocycles. The molecule has 0 radical (unpaired) electrons. The Morgan fingerprint density at radius 1 is 1.00 bits per heavy atom. The first-order chi connectivity index (χ1) is 16.5. The maximum Gasteiger partial charge on any atom is 0.0737 e. The van der Waals surface area contributed by atoms with Crippen LogP contribution in [0.2, 0.25) is 5.02 Å². The van der Waals surface area contributed by atoms with Crippen molar-refractivity contribution in [1.82, 2.24) is 14.9 Å². The van der Waals surface area contributed by atoms with Crippen LogP contribution >= 0.6 is 11.6 Å². The first-order valence-corrected chi connectivity index (χ1v) is 12.1. The second-order valence-corrected chi connectivity index (χ2v) is 8.72.